The van der Waals surface area contributed by atoms with Crippen LogP contribution in [0, 0.1) is 0 Å². The fourth-order valence-electron chi connectivity index (χ4n) is 2.55. The second-order valence-electron chi connectivity index (χ2n) is 4.89. The number of nitrogens with zero attached hydrogens (tertiary/aromatic N) is 3. The molecule has 0 unspecified atom stereocenters. The number of hydrogen-bond donors (Lipinski definition) is 1. The topological polar surface area (TPSA) is 78.5 Å². The molecule has 0 atom stereocenters. The first kappa shape index (κ1) is 13.6. The number of rotatable bonds is 5. The third-order valence-electron chi connectivity index (χ3n) is 3.54. The molecule has 110 valence electrons. The van der Waals surface area contributed by atoms with Crippen LogP contribution in [0.15, 0.2) is 39.7 Å². The van der Waals surface area contributed by atoms with Gasteiger partial charge < -0.3 is 14.7 Å². The Balaban J connectivity index is 2.19. The standard InChI is InChI=1S/C15H18N4O2/c1-2-18-11(5-3-7-16)9-15(20)19-14(18)10-12(17-19)13-6-4-8-21-13/h4,6,8-10H,2-3,5,7,16H2,1H3. The van der Waals surface area contributed by atoms with E-state index in [1.54, 1.807) is 18.4 Å². The summed E-state index contributed by atoms with van der Waals surface area (Å²) in [5, 5.41) is 4.35. The van der Waals surface area contributed by atoms with Crippen molar-refractivity contribution in [2.75, 3.05) is 6.54 Å². The van der Waals surface area contributed by atoms with Crippen molar-refractivity contribution in [1.82, 2.24) is 14.2 Å². The number of nitrogens with two attached hydrogens (primary N) is 1. The molecule has 2 N–H and O–H groups in total. The van der Waals surface area contributed by atoms with Gasteiger partial charge in [0.05, 0.1) is 6.26 Å². The van der Waals surface area contributed by atoms with E-state index >= 15 is 0 Å². The van der Waals surface area contributed by atoms with Crippen LogP contribution in [-0.2, 0) is 13.0 Å². The van der Waals surface area contributed by atoms with Crippen LogP contribution < -0.4 is 11.3 Å². The molecule has 3 aromatic heterocycles. The highest BCUT2D eigenvalue weighted by Crippen LogP contribution is 2.20. The molecule has 0 aliphatic heterocycles. The number of aryl methyl sites for hydroxylation is 2. The van der Waals surface area contributed by atoms with E-state index in [0.29, 0.717) is 18.0 Å². The first-order valence-corrected chi connectivity index (χ1v) is 7.11. The SMILES string of the molecule is CCn1c(CCCN)cc(=O)n2nc(-c3ccco3)cc12. The summed E-state index contributed by atoms with van der Waals surface area (Å²) in [5.74, 6) is 0.657. The molecular weight excluding hydrogens is 268 g/mol. The average molecular weight is 286 g/mol. The molecule has 3 aromatic rings. The molecule has 0 aliphatic carbocycles. The third-order valence-corrected chi connectivity index (χ3v) is 3.54. The highest BCUT2D eigenvalue weighted by molar-refractivity contribution is 5.59. The summed E-state index contributed by atoms with van der Waals surface area (Å²) in [6.07, 6.45) is 3.24. The Morgan fingerprint density at radius 2 is 2.24 bits per heavy atom. The molecule has 0 saturated heterocycles. The maximum atomic E-state index is 12.2. The zero-order valence-electron chi connectivity index (χ0n) is 12.0. The largest absolute Gasteiger partial charge is 0.463 e. The highest BCUT2D eigenvalue weighted by atomic mass is 16.3. The first-order valence-electron chi connectivity index (χ1n) is 7.11. The quantitative estimate of drug-likeness (QED) is 0.773. The van der Waals surface area contributed by atoms with E-state index in [9.17, 15) is 4.79 Å². The van der Waals surface area contributed by atoms with Gasteiger partial charge >= 0.3 is 0 Å². The van der Waals surface area contributed by atoms with Crippen LogP contribution in [0.3, 0.4) is 0 Å². The Hall–Kier alpha value is -2.34. The minimum atomic E-state index is -0.125. The average Bonchev–Trinajstić information content (AvgIpc) is 3.13. The fourth-order valence-corrected chi connectivity index (χ4v) is 2.55. The van der Waals surface area contributed by atoms with Crippen LogP contribution in [0.1, 0.15) is 19.0 Å². The van der Waals surface area contributed by atoms with Crippen LogP contribution >= 0.6 is 0 Å². The monoisotopic (exact) mass is 286 g/mol. The Morgan fingerprint density at radius 1 is 1.38 bits per heavy atom. The number of aromatic nitrogens is 3. The predicted molar refractivity (Wildman–Crippen MR) is 80.2 cm³/mol. The lowest BCUT2D eigenvalue weighted by molar-refractivity contribution is 0.579. The first-order chi connectivity index (χ1) is 10.2. The van der Waals surface area contributed by atoms with Gasteiger partial charge in [0.2, 0.25) is 0 Å². The van der Waals surface area contributed by atoms with Gasteiger partial charge in [-0.15, -0.1) is 0 Å². The molecule has 0 fully saturated rings. The van der Waals surface area contributed by atoms with Crippen LogP contribution in [0.2, 0.25) is 0 Å². The van der Waals surface area contributed by atoms with Gasteiger partial charge in [-0.25, -0.2) is 0 Å². The van der Waals surface area contributed by atoms with Gasteiger partial charge in [0.1, 0.15) is 11.3 Å². The van der Waals surface area contributed by atoms with Gasteiger partial charge in [-0.2, -0.15) is 9.61 Å². The van der Waals surface area contributed by atoms with Crippen LogP contribution in [0.25, 0.3) is 17.1 Å². The third kappa shape index (κ3) is 2.38. The van der Waals surface area contributed by atoms with Gasteiger partial charge in [-0.05, 0) is 38.4 Å². The van der Waals surface area contributed by atoms with Gasteiger partial charge in [-0.3, -0.25) is 4.79 Å². The molecule has 6 heteroatoms. The lowest BCUT2D eigenvalue weighted by Gasteiger charge is -2.12. The molecule has 0 spiro atoms. The molecule has 0 bridgehead atoms. The van der Waals surface area contributed by atoms with Crippen molar-refractivity contribution in [2.45, 2.75) is 26.3 Å². The lowest BCUT2D eigenvalue weighted by atomic mass is 10.2. The zero-order chi connectivity index (χ0) is 14.8. The summed E-state index contributed by atoms with van der Waals surface area (Å²) in [7, 11) is 0. The Bertz CT molecular complexity index is 799. The van der Waals surface area contributed by atoms with E-state index in [1.165, 1.54) is 4.52 Å². The van der Waals surface area contributed by atoms with Crippen molar-refractivity contribution in [3.05, 3.63) is 46.6 Å². The van der Waals surface area contributed by atoms with Gasteiger partial charge in [0, 0.05) is 24.4 Å². The summed E-state index contributed by atoms with van der Waals surface area (Å²) < 4.78 is 8.87. The fraction of sp³-hybridized carbons (Fsp3) is 0.333. The maximum absolute atomic E-state index is 12.2. The molecule has 3 heterocycles. The zero-order valence-corrected chi connectivity index (χ0v) is 12.0. The summed E-state index contributed by atoms with van der Waals surface area (Å²) in [6, 6.07) is 7.16. The van der Waals surface area contributed by atoms with E-state index in [4.69, 9.17) is 10.2 Å². The summed E-state index contributed by atoms with van der Waals surface area (Å²) in [6.45, 7) is 3.43. The van der Waals surface area contributed by atoms with Crippen molar-refractivity contribution < 1.29 is 4.42 Å². The van der Waals surface area contributed by atoms with Crippen molar-refractivity contribution >= 4 is 5.65 Å². The molecule has 0 aliphatic rings. The molecule has 3 rings (SSSR count). The summed E-state index contributed by atoms with van der Waals surface area (Å²) in [5.41, 5.74) is 7.88. The lowest BCUT2D eigenvalue weighted by Crippen LogP contribution is -2.21. The van der Waals surface area contributed by atoms with E-state index < -0.39 is 0 Å². The molecular formula is C15H18N4O2. The number of fused-ring (bicyclic) bond motifs is 1. The van der Waals surface area contributed by atoms with Crippen LogP contribution in [-0.4, -0.2) is 20.7 Å². The van der Waals surface area contributed by atoms with E-state index in [0.717, 1.165) is 30.7 Å². The molecule has 0 aromatic carbocycles. The second-order valence-corrected chi connectivity index (χ2v) is 4.89. The van der Waals surface area contributed by atoms with E-state index in [1.807, 2.05) is 12.1 Å². The van der Waals surface area contributed by atoms with Crippen molar-refractivity contribution in [3.8, 4) is 11.5 Å². The summed E-state index contributed by atoms with van der Waals surface area (Å²) >= 11 is 0. The number of furan rings is 1. The van der Waals surface area contributed by atoms with E-state index in [2.05, 4.69) is 16.6 Å². The van der Waals surface area contributed by atoms with Crippen LogP contribution in [0.5, 0.6) is 0 Å². The van der Waals surface area contributed by atoms with Crippen LogP contribution in [0.4, 0.5) is 0 Å². The molecule has 21 heavy (non-hydrogen) atoms. The molecule has 0 saturated carbocycles. The van der Waals surface area contributed by atoms with Crippen molar-refractivity contribution in [1.29, 1.82) is 0 Å². The highest BCUT2D eigenvalue weighted by Gasteiger charge is 2.13. The maximum Gasteiger partial charge on any atom is 0.274 e. The van der Waals surface area contributed by atoms with E-state index in [-0.39, 0.29) is 5.56 Å². The van der Waals surface area contributed by atoms with Gasteiger partial charge in [0.25, 0.3) is 5.56 Å². The normalized spacial score (nSPS) is 11.3. The minimum Gasteiger partial charge on any atom is -0.463 e. The van der Waals surface area contributed by atoms with Crippen molar-refractivity contribution in [2.24, 2.45) is 5.73 Å². The number of hydrogen-bond acceptors (Lipinski definition) is 4. The predicted octanol–water partition coefficient (Wildman–Crippen LogP) is 1.67. The van der Waals surface area contributed by atoms with Gasteiger partial charge in [0.15, 0.2) is 5.76 Å². The Labute approximate surface area is 121 Å². The Kier molecular flexibility index (Phi) is 3.62. The molecule has 6 nitrogen and oxygen atoms in total. The van der Waals surface area contributed by atoms with Crippen molar-refractivity contribution in [3.63, 3.8) is 0 Å². The second kappa shape index (κ2) is 5.57. The van der Waals surface area contributed by atoms with Gasteiger partial charge in [-0.1, -0.05) is 0 Å². The minimum absolute atomic E-state index is 0.125. The Morgan fingerprint density at radius 3 is 2.90 bits per heavy atom. The summed E-state index contributed by atoms with van der Waals surface area (Å²) in [4.78, 5) is 12.2. The molecule has 0 amide bonds. The molecule has 0 radical (unpaired) electrons. The smallest absolute Gasteiger partial charge is 0.274 e.